The fourth-order valence-electron chi connectivity index (χ4n) is 3.87. The molecule has 1 aliphatic rings. The van der Waals surface area contributed by atoms with Crippen LogP contribution in [0.1, 0.15) is 0 Å². The van der Waals surface area contributed by atoms with Gasteiger partial charge in [0.15, 0.2) is 0 Å². The average molecular weight is 360 g/mol. The van der Waals surface area contributed by atoms with E-state index in [9.17, 15) is 0 Å². The molecule has 4 nitrogen and oxygen atoms in total. The summed E-state index contributed by atoms with van der Waals surface area (Å²) in [5.41, 5.74) is 5.23. The maximum atomic E-state index is 3.87. The Morgan fingerprint density at radius 2 is 0.857 bits per heavy atom. The summed E-state index contributed by atoms with van der Waals surface area (Å²) in [6.45, 7) is 0. The highest BCUT2D eigenvalue weighted by molar-refractivity contribution is 6.05. The van der Waals surface area contributed by atoms with E-state index in [1.807, 2.05) is 12.1 Å². The van der Waals surface area contributed by atoms with Crippen molar-refractivity contribution in [3.8, 4) is 22.5 Å². The molecule has 0 bridgehead atoms. The molecular weight excluding hydrogens is 344 g/mol. The second-order valence-electron chi connectivity index (χ2n) is 7.06. The number of nitrogens with zero attached hydrogens (tertiary/aromatic N) is 2. The second-order valence-corrected chi connectivity index (χ2v) is 7.06. The molecule has 2 heterocycles. The molecule has 2 aromatic heterocycles. The molecule has 132 valence electrons. The zero-order chi connectivity index (χ0) is 18.5. The fourth-order valence-corrected chi connectivity index (χ4v) is 3.87. The Balaban J connectivity index is 0.000000111. The van der Waals surface area contributed by atoms with Crippen molar-refractivity contribution in [3.63, 3.8) is 0 Å². The van der Waals surface area contributed by atoms with E-state index in [2.05, 4.69) is 81.1 Å². The number of aromatic amines is 2. The Morgan fingerprint density at radius 3 is 1.25 bits per heavy atom. The predicted octanol–water partition coefficient (Wildman–Crippen LogP) is 5.93. The molecule has 1 aliphatic carbocycles. The van der Waals surface area contributed by atoms with Crippen LogP contribution >= 0.6 is 0 Å². The highest BCUT2D eigenvalue weighted by atomic mass is 15.2. The van der Waals surface area contributed by atoms with E-state index in [-0.39, 0.29) is 0 Å². The summed E-state index contributed by atoms with van der Waals surface area (Å²) in [6, 6.07) is 25.5. The molecule has 4 aromatic carbocycles. The molecule has 0 saturated carbocycles. The van der Waals surface area contributed by atoms with Gasteiger partial charge in [-0.2, -0.15) is 10.2 Å². The Hall–Kier alpha value is -3.92. The number of benzene rings is 4. The minimum atomic E-state index is 1.14. The lowest BCUT2D eigenvalue weighted by Crippen LogP contribution is -2.10. The van der Waals surface area contributed by atoms with E-state index in [1.54, 1.807) is 12.4 Å². The molecule has 6 aromatic rings. The fraction of sp³-hybridized carbons (Fsp3) is 0. The third kappa shape index (κ3) is 2.25. The third-order valence-corrected chi connectivity index (χ3v) is 5.40. The first-order chi connectivity index (χ1) is 13.9. The monoisotopic (exact) mass is 360 g/mol. The van der Waals surface area contributed by atoms with Crippen LogP contribution in [0.2, 0.25) is 0 Å². The number of rotatable bonds is 0. The number of nitrogens with one attached hydrogen (secondary N) is 2. The largest absolute Gasteiger partial charge is 0.298 e. The lowest BCUT2D eigenvalue weighted by atomic mass is 9.86. The molecule has 0 unspecified atom stereocenters. The van der Waals surface area contributed by atoms with E-state index < -0.39 is 0 Å². The van der Waals surface area contributed by atoms with Crippen LogP contribution in [0.25, 0.3) is 54.8 Å². The maximum Gasteiger partial charge on any atom is 0.0874 e. The lowest BCUT2D eigenvalue weighted by molar-refractivity contribution is 0.963. The number of fused-ring (bicyclic) bond motifs is 7. The summed E-state index contributed by atoms with van der Waals surface area (Å²) in [5.74, 6) is 0. The van der Waals surface area contributed by atoms with Crippen molar-refractivity contribution >= 4 is 32.3 Å². The zero-order valence-electron chi connectivity index (χ0n) is 15.0. The molecule has 0 spiro atoms. The van der Waals surface area contributed by atoms with Crippen LogP contribution in [0.4, 0.5) is 0 Å². The summed E-state index contributed by atoms with van der Waals surface area (Å²) >= 11 is 0. The van der Waals surface area contributed by atoms with Crippen LogP contribution in [0.3, 0.4) is 0 Å². The molecule has 0 atom stereocenters. The van der Waals surface area contributed by atoms with Gasteiger partial charge in [0.25, 0.3) is 0 Å². The first-order valence-corrected chi connectivity index (χ1v) is 9.26. The number of hydrogen-bond donors (Lipinski definition) is 2. The number of aromatic nitrogens is 4. The van der Waals surface area contributed by atoms with Crippen molar-refractivity contribution in [2.45, 2.75) is 0 Å². The normalized spacial score (nSPS) is 11.6. The van der Waals surface area contributed by atoms with Gasteiger partial charge < -0.3 is 0 Å². The minimum Gasteiger partial charge on any atom is -0.298 e. The number of hydrogen-bond acceptors (Lipinski definition) is 2. The minimum absolute atomic E-state index is 1.14. The summed E-state index contributed by atoms with van der Waals surface area (Å²) < 4.78 is 0. The van der Waals surface area contributed by atoms with Crippen molar-refractivity contribution in [3.05, 3.63) is 85.2 Å². The van der Waals surface area contributed by atoms with Crippen LogP contribution < -0.4 is 0 Å². The zero-order valence-corrected chi connectivity index (χ0v) is 15.0. The molecule has 7 rings (SSSR count). The summed E-state index contributed by atoms with van der Waals surface area (Å²) in [7, 11) is 0. The van der Waals surface area contributed by atoms with Crippen LogP contribution in [0.5, 0.6) is 0 Å². The Labute approximate surface area is 160 Å². The van der Waals surface area contributed by atoms with E-state index in [1.165, 1.54) is 44.1 Å². The van der Waals surface area contributed by atoms with E-state index >= 15 is 0 Å². The quantitative estimate of drug-likeness (QED) is 0.330. The van der Waals surface area contributed by atoms with Gasteiger partial charge in [0, 0.05) is 21.9 Å². The smallest absolute Gasteiger partial charge is 0.0874 e. The molecule has 0 amide bonds. The van der Waals surface area contributed by atoms with Crippen molar-refractivity contribution in [1.82, 2.24) is 20.4 Å². The SMILES string of the molecule is c1ccc2cc3c(cc2c1)-c1[nH][nH]c1-3.c1ccc2cc3cnncc3cc2c1. The van der Waals surface area contributed by atoms with Crippen molar-refractivity contribution < 1.29 is 0 Å². The van der Waals surface area contributed by atoms with Crippen LogP contribution in [-0.2, 0) is 0 Å². The Morgan fingerprint density at radius 1 is 0.464 bits per heavy atom. The van der Waals surface area contributed by atoms with Gasteiger partial charge >= 0.3 is 0 Å². The van der Waals surface area contributed by atoms with Crippen LogP contribution in [0.15, 0.2) is 85.2 Å². The van der Waals surface area contributed by atoms with Gasteiger partial charge in [0.05, 0.1) is 23.8 Å². The first kappa shape index (κ1) is 15.2. The number of H-pyrrole nitrogens is 2. The van der Waals surface area contributed by atoms with E-state index in [4.69, 9.17) is 0 Å². The van der Waals surface area contributed by atoms with Gasteiger partial charge in [0.2, 0.25) is 0 Å². The summed E-state index contributed by atoms with van der Waals surface area (Å²) in [6.07, 6.45) is 3.59. The van der Waals surface area contributed by atoms with Crippen molar-refractivity contribution in [2.24, 2.45) is 0 Å². The van der Waals surface area contributed by atoms with Crippen LogP contribution in [-0.4, -0.2) is 20.4 Å². The van der Waals surface area contributed by atoms with Crippen molar-refractivity contribution in [2.75, 3.05) is 0 Å². The van der Waals surface area contributed by atoms with Gasteiger partial charge in [-0.3, -0.25) is 10.2 Å². The summed E-state index contributed by atoms with van der Waals surface area (Å²) in [4.78, 5) is 0. The molecule has 0 radical (unpaired) electrons. The summed E-state index contributed by atoms with van der Waals surface area (Å²) in [5, 5.41) is 21.3. The van der Waals surface area contributed by atoms with Gasteiger partial charge in [0.1, 0.15) is 0 Å². The van der Waals surface area contributed by atoms with Crippen molar-refractivity contribution in [1.29, 1.82) is 0 Å². The van der Waals surface area contributed by atoms with Gasteiger partial charge in [-0.15, -0.1) is 0 Å². The third-order valence-electron chi connectivity index (χ3n) is 5.40. The Bertz CT molecular complexity index is 1310. The lowest BCUT2D eigenvalue weighted by Gasteiger charge is -2.27. The topological polar surface area (TPSA) is 57.4 Å². The van der Waals surface area contributed by atoms with E-state index in [0.717, 1.165) is 10.8 Å². The van der Waals surface area contributed by atoms with Gasteiger partial charge in [-0.25, -0.2) is 0 Å². The second kappa shape index (κ2) is 5.79. The van der Waals surface area contributed by atoms with Gasteiger partial charge in [-0.05, 0) is 45.8 Å². The maximum absolute atomic E-state index is 3.87. The molecule has 2 N–H and O–H groups in total. The molecule has 4 heteroatoms. The molecular formula is C24H16N4. The highest BCUT2D eigenvalue weighted by Crippen LogP contribution is 2.47. The first-order valence-electron chi connectivity index (χ1n) is 9.26. The van der Waals surface area contributed by atoms with Crippen LogP contribution in [0, 0.1) is 0 Å². The highest BCUT2D eigenvalue weighted by Gasteiger charge is 2.26. The standard InChI is InChI=1S/2C12H8N2/c1-2-4-8-6-10-9(5-7(8)3-1)11-12(10)14-13-11;1-2-4-10-6-12-8-14-13-7-11(12)5-9(10)3-1/h1-6,13-14H;1-8H. The Kier molecular flexibility index (Phi) is 3.14. The average Bonchev–Trinajstić information content (AvgIpc) is 2.72. The molecule has 0 fully saturated rings. The predicted molar refractivity (Wildman–Crippen MR) is 114 cm³/mol. The van der Waals surface area contributed by atoms with Gasteiger partial charge in [-0.1, -0.05) is 48.5 Å². The van der Waals surface area contributed by atoms with E-state index in [0.29, 0.717) is 0 Å². The molecule has 0 aliphatic heterocycles. The molecule has 0 saturated heterocycles. The molecule has 28 heavy (non-hydrogen) atoms.